The number of rotatable bonds is 4. The molecule has 2 aliphatic heterocycles. The number of amides is 1. The van der Waals surface area contributed by atoms with Gasteiger partial charge in [-0.25, -0.2) is 0 Å². The maximum Gasteiger partial charge on any atom is 0.227 e. The molecule has 2 fully saturated rings. The molecular weight excluding hydrogens is 340 g/mol. The van der Waals surface area contributed by atoms with E-state index in [-0.39, 0.29) is 11.9 Å². The van der Waals surface area contributed by atoms with Gasteiger partial charge in [-0.05, 0) is 16.7 Å². The molecule has 4 rings (SSSR count). The zero-order valence-electron chi connectivity index (χ0n) is 15.5. The summed E-state index contributed by atoms with van der Waals surface area (Å²) in [5.74, 6) is 0.0808. The molecule has 2 unspecified atom stereocenters. The van der Waals surface area contributed by atoms with Gasteiger partial charge in [0.15, 0.2) is 0 Å². The van der Waals surface area contributed by atoms with Gasteiger partial charge in [-0.2, -0.15) is 0 Å². The molecule has 27 heavy (non-hydrogen) atoms. The molecule has 2 aromatic carbocycles. The van der Waals surface area contributed by atoms with E-state index in [2.05, 4.69) is 29.2 Å². The molecule has 0 aliphatic carbocycles. The van der Waals surface area contributed by atoms with E-state index in [4.69, 9.17) is 4.74 Å². The number of aliphatic hydroxyl groups is 1. The van der Waals surface area contributed by atoms with E-state index in [1.165, 1.54) is 5.56 Å². The van der Waals surface area contributed by atoms with Gasteiger partial charge in [0.05, 0.1) is 31.8 Å². The first-order valence-corrected chi connectivity index (χ1v) is 9.63. The summed E-state index contributed by atoms with van der Waals surface area (Å²) in [5, 5.41) is 10.4. The normalized spacial score (nSPS) is 23.5. The van der Waals surface area contributed by atoms with Crippen LogP contribution in [0, 0.1) is 0 Å². The summed E-state index contributed by atoms with van der Waals surface area (Å²) in [4.78, 5) is 16.8. The fourth-order valence-electron chi connectivity index (χ4n) is 3.97. The van der Waals surface area contributed by atoms with Crippen LogP contribution in [0.4, 0.5) is 0 Å². The van der Waals surface area contributed by atoms with Crippen LogP contribution in [0.25, 0.3) is 11.1 Å². The molecule has 0 aromatic heterocycles. The van der Waals surface area contributed by atoms with Crippen molar-refractivity contribution in [2.24, 2.45) is 0 Å². The number of nitrogens with zero attached hydrogens (tertiary/aromatic N) is 2. The lowest BCUT2D eigenvalue weighted by Crippen LogP contribution is -2.49. The molecule has 0 bridgehead atoms. The number of ether oxygens (including phenoxy) is 1. The number of morpholine rings is 1. The third-order valence-electron chi connectivity index (χ3n) is 5.54. The molecule has 0 spiro atoms. The fourth-order valence-corrected chi connectivity index (χ4v) is 3.97. The summed E-state index contributed by atoms with van der Waals surface area (Å²) in [7, 11) is 0. The van der Waals surface area contributed by atoms with Crippen LogP contribution in [0.2, 0.25) is 0 Å². The first kappa shape index (κ1) is 18.2. The van der Waals surface area contributed by atoms with Crippen LogP contribution in [-0.2, 0) is 16.0 Å². The Hall–Kier alpha value is -2.21. The summed E-state index contributed by atoms with van der Waals surface area (Å²) in [6, 6.07) is 18.4. The smallest absolute Gasteiger partial charge is 0.227 e. The molecular formula is C22H26N2O3. The second-order valence-electron chi connectivity index (χ2n) is 7.32. The van der Waals surface area contributed by atoms with Crippen molar-refractivity contribution in [1.82, 2.24) is 9.80 Å². The van der Waals surface area contributed by atoms with Gasteiger partial charge in [0.2, 0.25) is 5.91 Å². The molecule has 0 saturated carbocycles. The van der Waals surface area contributed by atoms with Gasteiger partial charge in [-0.3, -0.25) is 9.69 Å². The van der Waals surface area contributed by atoms with Crippen LogP contribution in [-0.4, -0.2) is 72.4 Å². The largest absolute Gasteiger partial charge is 0.390 e. The van der Waals surface area contributed by atoms with Crippen molar-refractivity contribution in [3.05, 3.63) is 60.2 Å². The SMILES string of the molecule is O=C(Cc1ccc(-c2ccccc2)cc1)N1CC(O)C(N2CCOCC2)C1. The number of hydrogen-bond acceptors (Lipinski definition) is 4. The Morgan fingerprint density at radius 1 is 0.963 bits per heavy atom. The van der Waals surface area contributed by atoms with Crippen molar-refractivity contribution in [2.75, 3.05) is 39.4 Å². The molecule has 5 nitrogen and oxygen atoms in total. The lowest BCUT2D eigenvalue weighted by atomic mass is 10.0. The number of carbonyl (C=O) groups excluding carboxylic acids is 1. The first-order valence-electron chi connectivity index (χ1n) is 9.63. The fraction of sp³-hybridized carbons (Fsp3) is 0.409. The molecule has 1 N–H and O–H groups in total. The van der Waals surface area contributed by atoms with Crippen molar-refractivity contribution in [3.63, 3.8) is 0 Å². The molecule has 2 aromatic rings. The van der Waals surface area contributed by atoms with Gasteiger partial charge in [0.1, 0.15) is 0 Å². The third-order valence-corrected chi connectivity index (χ3v) is 5.54. The van der Waals surface area contributed by atoms with Gasteiger partial charge in [0.25, 0.3) is 0 Å². The van der Waals surface area contributed by atoms with Gasteiger partial charge in [0, 0.05) is 26.2 Å². The minimum atomic E-state index is -0.479. The van der Waals surface area contributed by atoms with E-state index in [1.807, 2.05) is 30.3 Å². The summed E-state index contributed by atoms with van der Waals surface area (Å²) in [6.45, 7) is 4.07. The Morgan fingerprint density at radius 3 is 2.33 bits per heavy atom. The van der Waals surface area contributed by atoms with Gasteiger partial charge < -0.3 is 14.7 Å². The molecule has 2 heterocycles. The third kappa shape index (κ3) is 4.21. The zero-order chi connectivity index (χ0) is 18.6. The number of hydrogen-bond donors (Lipinski definition) is 1. The number of aliphatic hydroxyl groups excluding tert-OH is 1. The van der Waals surface area contributed by atoms with Crippen molar-refractivity contribution in [1.29, 1.82) is 0 Å². The first-order chi connectivity index (χ1) is 13.2. The average molecular weight is 366 g/mol. The average Bonchev–Trinajstić information content (AvgIpc) is 3.12. The predicted octanol–water partition coefficient (Wildman–Crippen LogP) is 1.80. The summed E-state index contributed by atoms with van der Waals surface area (Å²) in [5.41, 5.74) is 3.33. The Morgan fingerprint density at radius 2 is 1.63 bits per heavy atom. The summed E-state index contributed by atoms with van der Waals surface area (Å²) < 4.78 is 5.39. The van der Waals surface area contributed by atoms with E-state index in [0.717, 1.165) is 24.2 Å². The van der Waals surface area contributed by atoms with Crippen molar-refractivity contribution in [3.8, 4) is 11.1 Å². The highest BCUT2D eigenvalue weighted by molar-refractivity contribution is 5.79. The van der Waals surface area contributed by atoms with E-state index in [0.29, 0.717) is 32.7 Å². The van der Waals surface area contributed by atoms with Gasteiger partial charge >= 0.3 is 0 Å². The highest BCUT2D eigenvalue weighted by Crippen LogP contribution is 2.21. The van der Waals surface area contributed by atoms with Gasteiger partial charge in [-0.1, -0.05) is 54.6 Å². The molecule has 1 amide bonds. The second kappa shape index (κ2) is 8.21. The van der Waals surface area contributed by atoms with Crippen LogP contribution in [0.5, 0.6) is 0 Å². The number of likely N-dealkylation sites (tertiary alicyclic amines) is 1. The molecule has 2 saturated heterocycles. The minimum Gasteiger partial charge on any atom is -0.390 e. The highest BCUT2D eigenvalue weighted by Gasteiger charge is 2.37. The molecule has 0 radical (unpaired) electrons. The lowest BCUT2D eigenvalue weighted by molar-refractivity contribution is -0.129. The van der Waals surface area contributed by atoms with Crippen molar-refractivity contribution < 1.29 is 14.6 Å². The van der Waals surface area contributed by atoms with Gasteiger partial charge in [-0.15, -0.1) is 0 Å². The minimum absolute atomic E-state index is 0.0262. The molecule has 2 aliphatic rings. The Balaban J connectivity index is 1.36. The van der Waals surface area contributed by atoms with Crippen LogP contribution in [0.1, 0.15) is 5.56 Å². The Labute approximate surface area is 160 Å². The van der Waals surface area contributed by atoms with E-state index in [9.17, 15) is 9.90 Å². The Kier molecular flexibility index (Phi) is 5.53. The highest BCUT2D eigenvalue weighted by atomic mass is 16.5. The maximum absolute atomic E-state index is 12.7. The standard InChI is InChI=1S/C22H26N2O3/c25-21-16-24(15-20(21)23-10-12-27-13-11-23)22(26)14-17-6-8-19(9-7-17)18-4-2-1-3-5-18/h1-9,20-21,25H,10-16H2. The van der Waals surface area contributed by atoms with E-state index < -0.39 is 6.10 Å². The summed E-state index contributed by atoms with van der Waals surface area (Å²) in [6.07, 6.45) is -0.107. The van der Waals surface area contributed by atoms with Crippen LogP contribution in [0.3, 0.4) is 0 Å². The molecule has 2 atom stereocenters. The van der Waals surface area contributed by atoms with Crippen LogP contribution in [0.15, 0.2) is 54.6 Å². The van der Waals surface area contributed by atoms with E-state index >= 15 is 0 Å². The monoisotopic (exact) mass is 366 g/mol. The quantitative estimate of drug-likeness (QED) is 0.897. The van der Waals surface area contributed by atoms with Crippen LogP contribution >= 0.6 is 0 Å². The summed E-state index contributed by atoms with van der Waals surface area (Å²) >= 11 is 0. The zero-order valence-corrected chi connectivity index (χ0v) is 15.5. The number of β-amino-alcohol motifs (C(OH)–C–C–N with tert-alkyl or cyclic N) is 1. The van der Waals surface area contributed by atoms with E-state index in [1.54, 1.807) is 4.90 Å². The maximum atomic E-state index is 12.7. The molecule has 142 valence electrons. The number of carbonyl (C=O) groups is 1. The van der Waals surface area contributed by atoms with Crippen molar-refractivity contribution >= 4 is 5.91 Å². The number of benzene rings is 2. The molecule has 5 heteroatoms. The predicted molar refractivity (Wildman–Crippen MR) is 104 cm³/mol. The van der Waals surface area contributed by atoms with Crippen LogP contribution < -0.4 is 0 Å². The Bertz CT molecular complexity index is 757. The topological polar surface area (TPSA) is 53.0 Å². The second-order valence-corrected chi connectivity index (χ2v) is 7.32. The van der Waals surface area contributed by atoms with Crippen molar-refractivity contribution in [2.45, 2.75) is 18.6 Å². The lowest BCUT2D eigenvalue weighted by Gasteiger charge is -2.33.